The minimum absolute atomic E-state index is 0.272. The lowest BCUT2D eigenvalue weighted by atomic mass is 10.1. The van der Waals surface area contributed by atoms with Gasteiger partial charge in [0.1, 0.15) is 5.82 Å². The monoisotopic (exact) mass is 379 g/mol. The Balaban J connectivity index is 1.72. The minimum atomic E-state index is -0.317. The van der Waals surface area contributed by atoms with Crippen LogP contribution in [0.1, 0.15) is 27.3 Å². The maximum absolute atomic E-state index is 13.1. The molecule has 0 radical (unpaired) electrons. The molecule has 0 saturated heterocycles. The lowest BCUT2D eigenvalue weighted by Gasteiger charge is -2.08. The highest BCUT2D eigenvalue weighted by atomic mass is 19.1. The topological polar surface area (TPSA) is 85.8 Å². The maximum Gasteiger partial charge on any atom is 0.259 e. The van der Waals surface area contributed by atoms with E-state index in [0.717, 1.165) is 16.8 Å². The summed E-state index contributed by atoms with van der Waals surface area (Å²) >= 11 is 0. The number of hydrogen-bond acceptors (Lipinski definition) is 5. The van der Waals surface area contributed by atoms with Crippen LogP contribution < -0.4 is 5.32 Å². The number of aromatic nitrogens is 4. The molecule has 0 spiro atoms. The van der Waals surface area contributed by atoms with Gasteiger partial charge in [-0.15, -0.1) is 0 Å². The van der Waals surface area contributed by atoms with Crippen molar-refractivity contribution in [2.45, 2.75) is 20.4 Å². The molecule has 0 aliphatic heterocycles. The summed E-state index contributed by atoms with van der Waals surface area (Å²) in [6.07, 6.45) is 1.84. The first-order valence-electron chi connectivity index (χ1n) is 8.72. The van der Waals surface area contributed by atoms with Crippen molar-refractivity contribution in [1.82, 2.24) is 25.2 Å². The van der Waals surface area contributed by atoms with Crippen LogP contribution >= 0.6 is 0 Å². The molecule has 0 atom stereocenters. The van der Waals surface area contributed by atoms with Crippen LogP contribution in [-0.4, -0.2) is 25.8 Å². The third kappa shape index (κ3) is 3.24. The average Bonchev–Trinajstić information content (AvgIpc) is 3.22. The highest BCUT2D eigenvalue weighted by molar-refractivity contribution is 6.07. The Morgan fingerprint density at radius 2 is 1.96 bits per heavy atom. The molecule has 0 bridgehead atoms. The average molecular weight is 379 g/mol. The molecule has 0 fully saturated rings. The number of benzene rings is 1. The third-order valence-electron chi connectivity index (χ3n) is 4.52. The fourth-order valence-electron chi connectivity index (χ4n) is 3.14. The number of amides is 1. The summed E-state index contributed by atoms with van der Waals surface area (Å²) in [5.74, 6) is -0.603. The van der Waals surface area contributed by atoms with Gasteiger partial charge in [-0.05, 0) is 37.6 Å². The molecule has 8 heteroatoms. The summed E-state index contributed by atoms with van der Waals surface area (Å²) in [5, 5.41) is 11.7. The molecule has 1 N–H and O–H groups in total. The first-order chi connectivity index (χ1) is 13.4. The van der Waals surface area contributed by atoms with Crippen molar-refractivity contribution in [2.24, 2.45) is 7.05 Å². The number of nitrogens with one attached hydrogen (secondary N) is 1. The van der Waals surface area contributed by atoms with Crippen molar-refractivity contribution >= 4 is 17.0 Å². The second-order valence-electron chi connectivity index (χ2n) is 6.61. The zero-order valence-electron chi connectivity index (χ0n) is 15.7. The van der Waals surface area contributed by atoms with Gasteiger partial charge in [0.05, 0.1) is 28.0 Å². The predicted octanol–water partition coefficient (Wildman–Crippen LogP) is 3.31. The Bertz CT molecular complexity index is 1180. The summed E-state index contributed by atoms with van der Waals surface area (Å²) in [7, 11) is 1.82. The van der Waals surface area contributed by atoms with Crippen LogP contribution in [0.5, 0.6) is 0 Å². The van der Waals surface area contributed by atoms with Crippen LogP contribution in [0.3, 0.4) is 0 Å². The number of halogens is 1. The van der Waals surface area contributed by atoms with Gasteiger partial charge in [0.25, 0.3) is 11.6 Å². The van der Waals surface area contributed by atoms with Crippen molar-refractivity contribution in [3.8, 4) is 11.3 Å². The molecule has 0 unspecified atom stereocenters. The van der Waals surface area contributed by atoms with Gasteiger partial charge < -0.3 is 9.84 Å². The molecule has 1 amide bonds. The molecule has 3 heterocycles. The van der Waals surface area contributed by atoms with E-state index >= 15 is 0 Å². The van der Waals surface area contributed by atoms with Gasteiger partial charge in [0.2, 0.25) is 0 Å². The van der Waals surface area contributed by atoms with E-state index < -0.39 is 0 Å². The van der Waals surface area contributed by atoms with Crippen LogP contribution in [-0.2, 0) is 13.6 Å². The zero-order chi connectivity index (χ0) is 19.8. The summed E-state index contributed by atoms with van der Waals surface area (Å²) in [6.45, 7) is 3.91. The van der Waals surface area contributed by atoms with Crippen LogP contribution in [0.4, 0.5) is 4.39 Å². The Labute approximate surface area is 160 Å². The van der Waals surface area contributed by atoms with Crippen molar-refractivity contribution in [3.63, 3.8) is 0 Å². The van der Waals surface area contributed by atoms with Gasteiger partial charge in [0.15, 0.2) is 0 Å². The Morgan fingerprint density at radius 3 is 2.64 bits per heavy atom. The van der Waals surface area contributed by atoms with E-state index in [9.17, 15) is 9.18 Å². The minimum Gasteiger partial charge on any atom is -0.348 e. The van der Waals surface area contributed by atoms with E-state index in [2.05, 4.69) is 20.6 Å². The molecule has 0 aliphatic carbocycles. The van der Waals surface area contributed by atoms with Gasteiger partial charge in [0, 0.05) is 25.4 Å². The summed E-state index contributed by atoms with van der Waals surface area (Å²) < 4.78 is 20.1. The zero-order valence-corrected chi connectivity index (χ0v) is 15.7. The first-order valence-corrected chi connectivity index (χ1v) is 8.72. The summed E-state index contributed by atoms with van der Waals surface area (Å²) in [5.41, 5.74) is 4.29. The second-order valence-corrected chi connectivity index (χ2v) is 6.61. The maximum atomic E-state index is 13.1. The molecule has 0 saturated carbocycles. The van der Waals surface area contributed by atoms with Crippen LogP contribution in [0.15, 0.2) is 41.1 Å². The van der Waals surface area contributed by atoms with E-state index in [1.54, 1.807) is 29.8 Å². The van der Waals surface area contributed by atoms with Crippen molar-refractivity contribution < 1.29 is 13.7 Å². The Hall–Kier alpha value is -3.55. The number of carbonyl (C=O) groups is 1. The van der Waals surface area contributed by atoms with Gasteiger partial charge in [-0.3, -0.25) is 9.48 Å². The molecule has 7 nitrogen and oxygen atoms in total. The van der Waals surface area contributed by atoms with Gasteiger partial charge in [-0.2, -0.15) is 5.10 Å². The summed E-state index contributed by atoms with van der Waals surface area (Å²) in [4.78, 5) is 17.4. The van der Waals surface area contributed by atoms with E-state index in [1.807, 2.05) is 20.2 Å². The quantitative estimate of drug-likeness (QED) is 0.588. The molecule has 142 valence electrons. The van der Waals surface area contributed by atoms with Crippen LogP contribution in [0, 0.1) is 19.7 Å². The van der Waals surface area contributed by atoms with Crippen molar-refractivity contribution in [3.05, 3.63) is 64.9 Å². The van der Waals surface area contributed by atoms with Gasteiger partial charge in [-0.1, -0.05) is 17.3 Å². The van der Waals surface area contributed by atoms with Crippen molar-refractivity contribution in [1.29, 1.82) is 0 Å². The second kappa shape index (κ2) is 6.88. The molecule has 28 heavy (non-hydrogen) atoms. The lowest BCUT2D eigenvalue weighted by Crippen LogP contribution is -2.23. The summed E-state index contributed by atoms with van der Waals surface area (Å²) in [6, 6.07) is 7.70. The highest BCUT2D eigenvalue weighted by Crippen LogP contribution is 2.28. The number of pyridine rings is 1. The van der Waals surface area contributed by atoms with Gasteiger partial charge >= 0.3 is 0 Å². The van der Waals surface area contributed by atoms with Crippen LogP contribution in [0.25, 0.3) is 22.4 Å². The number of nitrogens with zero attached hydrogens (tertiary/aromatic N) is 4. The number of rotatable bonds is 4. The number of hydrogen-bond donors (Lipinski definition) is 1. The van der Waals surface area contributed by atoms with E-state index in [-0.39, 0.29) is 18.3 Å². The van der Waals surface area contributed by atoms with E-state index in [0.29, 0.717) is 28.1 Å². The highest BCUT2D eigenvalue weighted by Gasteiger charge is 2.20. The lowest BCUT2D eigenvalue weighted by molar-refractivity contribution is 0.0952. The molecule has 4 rings (SSSR count). The molecule has 3 aromatic heterocycles. The largest absolute Gasteiger partial charge is 0.348 e. The normalized spacial score (nSPS) is 11.1. The standard InChI is InChI=1S/C20H18FN5O2/c1-11-16(10-26(3)24-11)17-8-15(18-12(2)25-28-20(18)23-17)19(27)22-9-13-4-6-14(21)7-5-13/h4-8,10H,9H2,1-3H3,(H,22,27). The molecule has 0 aliphatic rings. The fourth-order valence-corrected chi connectivity index (χ4v) is 3.14. The van der Waals surface area contributed by atoms with E-state index in [4.69, 9.17) is 4.52 Å². The fraction of sp³-hybridized carbons (Fsp3) is 0.200. The number of aryl methyl sites for hydroxylation is 3. The smallest absolute Gasteiger partial charge is 0.259 e. The van der Waals surface area contributed by atoms with Gasteiger partial charge in [-0.25, -0.2) is 9.37 Å². The molecular weight excluding hydrogens is 361 g/mol. The predicted molar refractivity (Wildman–Crippen MR) is 101 cm³/mol. The van der Waals surface area contributed by atoms with Crippen molar-refractivity contribution in [2.75, 3.05) is 0 Å². The van der Waals surface area contributed by atoms with Crippen LogP contribution in [0.2, 0.25) is 0 Å². The Morgan fingerprint density at radius 1 is 1.21 bits per heavy atom. The van der Waals surface area contributed by atoms with E-state index in [1.165, 1.54) is 12.1 Å². The molecular formula is C20H18FN5O2. The molecule has 1 aromatic carbocycles. The number of carbonyl (C=O) groups excluding carboxylic acids is 1. The first kappa shape index (κ1) is 17.8. The number of fused-ring (bicyclic) bond motifs is 1. The third-order valence-corrected chi connectivity index (χ3v) is 4.52. The molecule has 4 aromatic rings. The SMILES string of the molecule is Cc1nn(C)cc1-c1cc(C(=O)NCc2ccc(F)cc2)c2c(C)noc2n1. The Kier molecular flexibility index (Phi) is 4.38.